The van der Waals surface area contributed by atoms with Crippen LogP contribution in [0.1, 0.15) is 29.7 Å². The van der Waals surface area contributed by atoms with E-state index >= 15 is 0 Å². The number of aliphatic hydroxyl groups is 1. The van der Waals surface area contributed by atoms with Crippen LogP contribution in [0, 0.1) is 0 Å². The normalized spacial score (nSPS) is 15.3. The highest BCUT2D eigenvalue weighted by molar-refractivity contribution is 8.00. The van der Waals surface area contributed by atoms with Gasteiger partial charge < -0.3 is 9.84 Å². The van der Waals surface area contributed by atoms with Crippen LogP contribution in [0.15, 0.2) is 101 Å². The van der Waals surface area contributed by atoms with Gasteiger partial charge in [0.05, 0.1) is 18.2 Å². The molecule has 1 aliphatic rings. The van der Waals surface area contributed by atoms with Crippen LogP contribution < -0.4 is 9.64 Å². The Morgan fingerprint density at radius 1 is 1.10 bits per heavy atom. The van der Waals surface area contributed by atoms with Crippen molar-refractivity contribution in [3.8, 4) is 5.75 Å². The second-order valence-electron chi connectivity index (χ2n) is 8.72. The monoisotopic (exact) mass is 589 g/mol. The van der Waals surface area contributed by atoms with Crippen molar-refractivity contribution in [3.63, 3.8) is 0 Å². The van der Waals surface area contributed by atoms with Crippen LogP contribution in [0.3, 0.4) is 0 Å². The fourth-order valence-electron chi connectivity index (χ4n) is 4.22. The predicted molar refractivity (Wildman–Crippen MR) is 159 cm³/mol. The van der Waals surface area contributed by atoms with E-state index in [1.165, 1.54) is 34.1 Å². The first-order chi connectivity index (χ1) is 19.4. The molecule has 4 aromatic rings. The molecule has 5 rings (SSSR count). The maximum absolute atomic E-state index is 13.5. The number of rotatable bonds is 10. The van der Waals surface area contributed by atoms with Gasteiger partial charge in [-0.25, -0.2) is 0 Å². The first-order valence-electron chi connectivity index (χ1n) is 12.4. The van der Waals surface area contributed by atoms with Crippen molar-refractivity contribution < 1.29 is 19.4 Å². The summed E-state index contributed by atoms with van der Waals surface area (Å²) in [5, 5.41) is 20.4. The summed E-state index contributed by atoms with van der Waals surface area (Å²) in [7, 11) is 0. The molecule has 0 fully saturated rings. The van der Waals surface area contributed by atoms with E-state index in [1.54, 1.807) is 30.3 Å². The Labute approximate surface area is 244 Å². The predicted octanol–water partition coefficient (Wildman–Crippen LogP) is 7.07. The molecular weight excluding hydrogens is 566 g/mol. The second-order valence-corrected chi connectivity index (χ2v) is 11.3. The first-order valence-corrected chi connectivity index (χ1v) is 14.6. The van der Waals surface area contributed by atoms with Gasteiger partial charge in [0.1, 0.15) is 5.75 Å². The zero-order valence-electron chi connectivity index (χ0n) is 21.4. The molecule has 0 saturated carbocycles. The highest BCUT2D eigenvalue weighted by atomic mass is 35.5. The minimum atomic E-state index is -0.914. The maximum Gasteiger partial charge on any atom is 0.296 e. The largest absolute Gasteiger partial charge is 0.503 e. The van der Waals surface area contributed by atoms with Gasteiger partial charge >= 0.3 is 0 Å². The van der Waals surface area contributed by atoms with Gasteiger partial charge in [-0.15, -0.1) is 10.2 Å². The summed E-state index contributed by atoms with van der Waals surface area (Å²) in [5.74, 6) is -0.585. The van der Waals surface area contributed by atoms with Crippen LogP contribution in [-0.4, -0.2) is 33.6 Å². The van der Waals surface area contributed by atoms with E-state index in [0.717, 1.165) is 11.1 Å². The number of ketones is 1. The third kappa shape index (κ3) is 6.12. The number of carbonyl (C=O) groups is 2. The molecule has 0 radical (unpaired) electrons. The molecule has 1 N–H and O–H groups in total. The Morgan fingerprint density at radius 2 is 1.88 bits per heavy atom. The van der Waals surface area contributed by atoms with Gasteiger partial charge in [-0.05, 0) is 54.0 Å². The van der Waals surface area contributed by atoms with Gasteiger partial charge in [-0.3, -0.25) is 14.5 Å². The molecule has 3 aromatic carbocycles. The third-order valence-electron chi connectivity index (χ3n) is 6.06. The molecule has 7 nitrogen and oxygen atoms in total. The summed E-state index contributed by atoms with van der Waals surface area (Å²) >= 11 is 8.67. The Bertz CT molecular complexity index is 1590. The van der Waals surface area contributed by atoms with Crippen molar-refractivity contribution in [1.82, 2.24) is 10.2 Å². The molecule has 0 aliphatic carbocycles. The molecule has 2 heterocycles. The number of allylic oxidation sites excluding steroid dienone is 1. The number of aliphatic hydroxyl groups excluding tert-OH is 1. The topological polar surface area (TPSA) is 92.6 Å². The van der Waals surface area contributed by atoms with Gasteiger partial charge in [-0.2, -0.15) is 0 Å². The van der Waals surface area contributed by atoms with Crippen molar-refractivity contribution >= 4 is 57.6 Å². The number of thioether (sulfide) groups is 1. The summed E-state index contributed by atoms with van der Waals surface area (Å²) < 4.78 is 6.31. The lowest BCUT2D eigenvalue weighted by atomic mass is 9.95. The van der Waals surface area contributed by atoms with Gasteiger partial charge in [0.2, 0.25) is 5.13 Å². The molecule has 1 unspecified atom stereocenters. The Balaban J connectivity index is 1.47. The van der Waals surface area contributed by atoms with Crippen LogP contribution in [-0.2, 0) is 15.3 Å². The number of halogens is 1. The Kier molecular flexibility index (Phi) is 8.64. The number of nitrogens with zero attached hydrogens (tertiary/aromatic N) is 3. The lowest BCUT2D eigenvalue weighted by Gasteiger charge is -2.24. The quantitative estimate of drug-likeness (QED) is 0.120. The van der Waals surface area contributed by atoms with Crippen LogP contribution in [0.5, 0.6) is 5.75 Å². The molecular formula is C30H24ClN3O4S2. The molecule has 1 amide bonds. The summed E-state index contributed by atoms with van der Waals surface area (Å²) in [5.41, 5.74) is 2.45. The summed E-state index contributed by atoms with van der Waals surface area (Å²) in [6.45, 7) is 2.33. The SMILES string of the molecule is CCOc1cccc(C2C(C(=O)C=Cc3ccccc3)=C(O)C(=O)N2c2nnc(SCc3ccc(Cl)cc3)s2)c1. The van der Waals surface area contributed by atoms with E-state index < -0.39 is 23.5 Å². The highest BCUT2D eigenvalue weighted by Gasteiger charge is 2.45. The van der Waals surface area contributed by atoms with Crippen LogP contribution in [0.4, 0.5) is 5.13 Å². The van der Waals surface area contributed by atoms with Crippen molar-refractivity contribution in [2.45, 2.75) is 23.1 Å². The summed E-state index contributed by atoms with van der Waals surface area (Å²) in [4.78, 5) is 28.2. The number of aromatic nitrogens is 2. The summed E-state index contributed by atoms with van der Waals surface area (Å²) in [6, 6.07) is 23.1. The first kappa shape index (κ1) is 27.6. The average Bonchev–Trinajstić information content (AvgIpc) is 3.54. The zero-order valence-corrected chi connectivity index (χ0v) is 23.7. The molecule has 0 saturated heterocycles. The maximum atomic E-state index is 13.5. The van der Waals surface area contributed by atoms with E-state index in [1.807, 2.05) is 61.5 Å². The average molecular weight is 590 g/mol. The molecule has 0 spiro atoms. The fraction of sp³-hybridized carbons (Fsp3) is 0.133. The molecule has 10 heteroatoms. The van der Waals surface area contributed by atoms with E-state index in [2.05, 4.69) is 10.2 Å². The van der Waals surface area contributed by atoms with Crippen LogP contribution in [0.25, 0.3) is 6.08 Å². The standard InChI is InChI=1S/C30H24ClN3O4S2/c1-2-38-23-10-6-9-21(17-23)26-25(24(35)16-13-19-7-4-3-5-8-19)27(36)28(37)34(26)29-32-33-30(40-29)39-18-20-11-14-22(31)15-12-20/h3-17,26,36H,2,18H2,1H3. The molecule has 0 bridgehead atoms. The number of carbonyl (C=O) groups excluding carboxylic acids is 2. The van der Waals surface area contributed by atoms with Crippen molar-refractivity contribution in [2.75, 3.05) is 11.5 Å². The minimum Gasteiger partial charge on any atom is -0.503 e. The lowest BCUT2D eigenvalue weighted by molar-refractivity contribution is -0.117. The van der Waals surface area contributed by atoms with Crippen molar-refractivity contribution in [2.24, 2.45) is 0 Å². The third-order valence-corrected chi connectivity index (χ3v) is 8.44. The molecule has 1 atom stereocenters. The number of anilines is 1. The molecule has 1 aromatic heterocycles. The second kappa shape index (κ2) is 12.5. The lowest BCUT2D eigenvalue weighted by Crippen LogP contribution is -2.30. The smallest absolute Gasteiger partial charge is 0.296 e. The van der Waals surface area contributed by atoms with Crippen LogP contribution >= 0.6 is 34.7 Å². The van der Waals surface area contributed by atoms with E-state index in [-0.39, 0.29) is 10.7 Å². The van der Waals surface area contributed by atoms with Crippen molar-refractivity contribution in [3.05, 3.63) is 118 Å². The number of amides is 1. The number of hydrogen-bond donors (Lipinski definition) is 1. The molecule has 202 valence electrons. The number of benzene rings is 3. The van der Waals surface area contributed by atoms with Gasteiger partial charge in [0.25, 0.3) is 5.91 Å². The van der Waals surface area contributed by atoms with E-state index in [9.17, 15) is 14.7 Å². The van der Waals surface area contributed by atoms with E-state index in [0.29, 0.717) is 33.0 Å². The van der Waals surface area contributed by atoms with E-state index in [4.69, 9.17) is 16.3 Å². The minimum absolute atomic E-state index is 0.0311. The van der Waals surface area contributed by atoms with Gasteiger partial charge in [0, 0.05) is 10.8 Å². The van der Waals surface area contributed by atoms with Gasteiger partial charge in [-0.1, -0.05) is 95.4 Å². The molecule has 1 aliphatic heterocycles. The van der Waals surface area contributed by atoms with Crippen LogP contribution in [0.2, 0.25) is 5.02 Å². The Hall–Kier alpha value is -3.92. The molecule has 40 heavy (non-hydrogen) atoms. The van der Waals surface area contributed by atoms with Gasteiger partial charge in [0.15, 0.2) is 15.9 Å². The van der Waals surface area contributed by atoms with Crippen molar-refractivity contribution in [1.29, 1.82) is 0 Å². The fourth-order valence-corrected chi connectivity index (χ4v) is 6.17. The number of ether oxygens (including phenoxy) is 1. The number of hydrogen-bond acceptors (Lipinski definition) is 8. The zero-order chi connectivity index (χ0) is 28.1. The highest BCUT2D eigenvalue weighted by Crippen LogP contribution is 2.44. The Morgan fingerprint density at radius 3 is 2.62 bits per heavy atom. The summed E-state index contributed by atoms with van der Waals surface area (Å²) in [6.07, 6.45) is 3.02.